The normalized spacial score (nSPS) is 18.5. The molecular weight excluding hydrogens is 236 g/mol. The average molecular weight is 258 g/mol. The van der Waals surface area contributed by atoms with Crippen molar-refractivity contribution in [3.05, 3.63) is 48.0 Å². The summed E-state index contributed by atoms with van der Waals surface area (Å²) in [7, 11) is 1.98. The van der Waals surface area contributed by atoms with Crippen LogP contribution in [0.25, 0.3) is 0 Å². The fourth-order valence-corrected chi connectivity index (χ4v) is 2.39. The van der Waals surface area contributed by atoms with Gasteiger partial charge in [0.15, 0.2) is 0 Å². The van der Waals surface area contributed by atoms with Crippen molar-refractivity contribution in [1.82, 2.24) is 10.2 Å². The van der Waals surface area contributed by atoms with Gasteiger partial charge in [0, 0.05) is 12.6 Å². The van der Waals surface area contributed by atoms with Gasteiger partial charge in [0.1, 0.15) is 0 Å². The minimum atomic E-state index is 0.124. The van der Waals surface area contributed by atoms with Gasteiger partial charge in [-0.1, -0.05) is 42.5 Å². The van der Waals surface area contributed by atoms with Gasteiger partial charge in [0.05, 0.1) is 6.54 Å². The van der Waals surface area contributed by atoms with Gasteiger partial charge in [0.25, 0.3) is 0 Å². The van der Waals surface area contributed by atoms with E-state index in [2.05, 4.69) is 29.6 Å². The second-order valence-electron chi connectivity index (χ2n) is 5.21. The van der Waals surface area contributed by atoms with Crippen LogP contribution < -0.4 is 5.32 Å². The molecule has 0 radical (unpaired) electrons. The smallest absolute Gasteiger partial charge is 0.234 e. The Hall–Kier alpha value is -1.61. The molecule has 1 aromatic carbocycles. The predicted octanol–water partition coefficient (Wildman–Crippen LogP) is 2.34. The summed E-state index contributed by atoms with van der Waals surface area (Å²) in [5, 5.41) is 3.10. The van der Waals surface area contributed by atoms with Crippen molar-refractivity contribution in [3.8, 4) is 0 Å². The molecule has 1 aliphatic rings. The predicted molar refractivity (Wildman–Crippen MR) is 77.7 cm³/mol. The van der Waals surface area contributed by atoms with Crippen LogP contribution in [0.15, 0.2) is 42.5 Å². The van der Waals surface area contributed by atoms with Gasteiger partial charge >= 0.3 is 0 Å². The molecule has 0 aliphatic heterocycles. The number of benzene rings is 1. The zero-order chi connectivity index (χ0) is 13.5. The van der Waals surface area contributed by atoms with E-state index in [1.165, 1.54) is 5.56 Å². The van der Waals surface area contributed by atoms with E-state index in [9.17, 15) is 4.79 Å². The second-order valence-corrected chi connectivity index (χ2v) is 5.21. The highest BCUT2D eigenvalue weighted by Crippen LogP contribution is 2.10. The minimum absolute atomic E-state index is 0.124. The number of hydrogen-bond acceptors (Lipinski definition) is 2. The number of nitrogens with one attached hydrogen (secondary N) is 1. The molecule has 3 nitrogen and oxygen atoms in total. The highest BCUT2D eigenvalue weighted by Gasteiger charge is 2.14. The summed E-state index contributed by atoms with van der Waals surface area (Å²) in [5.74, 6) is 0.124. The Kier molecular flexibility index (Phi) is 5.16. The van der Waals surface area contributed by atoms with Gasteiger partial charge in [-0.05, 0) is 31.9 Å². The number of nitrogens with zero attached hydrogens (tertiary/aromatic N) is 1. The molecule has 102 valence electrons. The van der Waals surface area contributed by atoms with E-state index in [1.807, 2.05) is 30.1 Å². The SMILES string of the molecule is CN(CC(=O)N[C@@H]1CC=CCC1)Cc1ccccc1. The summed E-state index contributed by atoms with van der Waals surface area (Å²) >= 11 is 0. The summed E-state index contributed by atoms with van der Waals surface area (Å²) in [6.45, 7) is 1.26. The first-order valence-electron chi connectivity index (χ1n) is 6.91. The number of hydrogen-bond donors (Lipinski definition) is 1. The third-order valence-corrected chi connectivity index (χ3v) is 3.34. The molecule has 0 saturated carbocycles. The van der Waals surface area contributed by atoms with E-state index in [0.717, 1.165) is 25.8 Å². The van der Waals surface area contributed by atoms with Crippen LogP contribution >= 0.6 is 0 Å². The summed E-state index contributed by atoms with van der Waals surface area (Å²) in [4.78, 5) is 14.0. The number of carbonyl (C=O) groups excluding carboxylic acids is 1. The van der Waals surface area contributed by atoms with Crippen LogP contribution in [0.4, 0.5) is 0 Å². The summed E-state index contributed by atoms with van der Waals surface area (Å²) in [6.07, 6.45) is 7.44. The number of rotatable bonds is 5. The highest BCUT2D eigenvalue weighted by molar-refractivity contribution is 5.78. The van der Waals surface area contributed by atoms with Crippen LogP contribution in [0.1, 0.15) is 24.8 Å². The molecule has 1 atom stereocenters. The number of carbonyl (C=O) groups is 1. The molecule has 0 unspecified atom stereocenters. The molecular formula is C16H22N2O. The molecule has 1 aromatic rings. The fraction of sp³-hybridized carbons (Fsp3) is 0.438. The minimum Gasteiger partial charge on any atom is -0.352 e. The van der Waals surface area contributed by atoms with Gasteiger partial charge in [0.2, 0.25) is 5.91 Å². The quantitative estimate of drug-likeness (QED) is 0.822. The lowest BCUT2D eigenvalue weighted by molar-refractivity contribution is -0.122. The Labute approximate surface area is 115 Å². The van der Waals surface area contributed by atoms with Crippen LogP contribution in [0.2, 0.25) is 0 Å². The highest BCUT2D eigenvalue weighted by atomic mass is 16.2. The summed E-state index contributed by atoms with van der Waals surface area (Å²) in [5.41, 5.74) is 1.23. The second kappa shape index (κ2) is 7.10. The van der Waals surface area contributed by atoms with Crippen LogP contribution in [0, 0.1) is 0 Å². The lowest BCUT2D eigenvalue weighted by Gasteiger charge is -2.22. The van der Waals surface area contributed by atoms with Gasteiger partial charge < -0.3 is 5.32 Å². The zero-order valence-corrected chi connectivity index (χ0v) is 11.5. The molecule has 1 N–H and O–H groups in total. The summed E-state index contributed by atoms with van der Waals surface area (Å²) < 4.78 is 0. The number of allylic oxidation sites excluding steroid dienone is 1. The monoisotopic (exact) mass is 258 g/mol. The van der Waals surface area contributed by atoms with Crippen LogP contribution in [-0.2, 0) is 11.3 Å². The van der Waals surface area contributed by atoms with E-state index in [1.54, 1.807) is 0 Å². The fourth-order valence-electron chi connectivity index (χ4n) is 2.39. The molecule has 1 aliphatic carbocycles. The van der Waals surface area contributed by atoms with Crippen molar-refractivity contribution < 1.29 is 4.79 Å². The van der Waals surface area contributed by atoms with E-state index < -0.39 is 0 Å². The van der Waals surface area contributed by atoms with Crippen LogP contribution in [0.3, 0.4) is 0 Å². The third kappa shape index (κ3) is 4.87. The van der Waals surface area contributed by atoms with Crippen molar-refractivity contribution in [1.29, 1.82) is 0 Å². The van der Waals surface area contributed by atoms with Crippen LogP contribution in [-0.4, -0.2) is 30.4 Å². The van der Waals surface area contributed by atoms with Crippen molar-refractivity contribution >= 4 is 5.91 Å². The molecule has 0 aromatic heterocycles. The average Bonchev–Trinajstić information content (AvgIpc) is 2.40. The van der Waals surface area contributed by atoms with E-state index in [4.69, 9.17) is 0 Å². The molecule has 0 saturated heterocycles. The van der Waals surface area contributed by atoms with Gasteiger partial charge in [-0.25, -0.2) is 0 Å². The molecule has 1 amide bonds. The molecule has 2 rings (SSSR count). The van der Waals surface area contributed by atoms with E-state index >= 15 is 0 Å². The largest absolute Gasteiger partial charge is 0.352 e. The lowest BCUT2D eigenvalue weighted by Crippen LogP contribution is -2.41. The molecule has 0 fully saturated rings. The standard InChI is InChI=1S/C16H22N2O/c1-18(12-14-8-4-2-5-9-14)13-16(19)17-15-10-6-3-7-11-15/h2-6,8-9,15H,7,10-13H2,1H3,(H,17,19)/t15-/m1/s1. The molecule has 0 bridgehead atoms. The van der Waals surface area contributed by atoms with Crippen molar-refractivity contribution in [2.24, 2.45) is 0 Å². The van der Waals surface area contributed by atoms with Gasteiger partial charge in [-0.15, -0.1) is 0 Å². The molecule has 19 heavy (non-hydrogen) atoms. The molecule has 0 spiro atoms. The third-order valence-electron chi connectivity index (χ3n) is 3.34. The Bertz CT molecular complexity index is 428. The number of amides is 1. The molecule has 0 heterocycles. The summed E-state index contributed by atoms with van der Waals surface area (Å²) in [6, 6.07) is 10.5. The first kappa shape index (κ1) is 13.8. The first-order valence-corrected chi connectivity index (χ1v) is 6.91. The maximum Gasteiger partial charge on any atom is 0.234 e. The first-order chi connectivity index (χ1) is 9.24. The molecule has 3 heteroatoms. The lowest BCUT2D eigenvalue weighted by atomic mass is 10.0. The van der Waals surface area contributed by atoms with Gasteiger partial charge in [-0.2, -0.15) is 0 Å². The Morgan fingerprint density at radius 1 is 1.32 bits per heavy atom. The van der Waals surface area contributed by atoms with Crippen LogP contribution in [0.5, 0.6) is 0 Å². The maximum atomic E-state index is 11.9. The zero-order valence-electron chi connectivity index (χ0n) is 11.5. The van der Waals surface area contributed by atoms with Crippen molar-refractivity contribution in [2.75, 3.05) is 13.6 Å². The Morgan fingerprint density at radius 2 is 2.11 bits per heavy atom. The topological polar surface area (TPSA) is 32.3 Å². The van der Waals surface area contributed by atoms with E-state index in [-0.39, 0.29) is 5.91 Å². The van der Waals surface area contributed by atoms with Crippen molar-refractivity contribution in [2.45, 2.75) is 31.8 Å². The van der Waals surface area contributed by atoms with Gasteiger partial charge in [-0.3, -0.25) is 9.69 Å². The maximum absolute atomic E-state index is 11.9. The van der Waals surface area contributed by atoms with E-state index in [0.29, 0.717) is 12.6 Å². The number of likely N-dealkylation sites (N-methyl/N-ethyl adjacent to an activating group) is 1. The Balaban J connectivity index is 1.74. The Morgan fingerprint density at radius 3 is 2.79 bits per heavy atom. The van der Waals surface area contributed by atoms with Crippen molar-refractivity contribution in [3.63, 3.8) is 0 Å².